The van der Waals surface area contributed by atoms with Crippen molar-refractivity contribution >= 4 is 61.9 Å². The van der Waals surface area contributed by atoms with Crippen molar-refractivity contribution < 1.29 is 17.9 Å². The zero-order valence-corrected chi connectivity index (χ0v) is 24.9. The average Bonchev–Trinajstić information content (AvgIpc) is 2.95. The Labute approximate surface area is 245 Å². The van der Waals surface area contributed by atoms with Crippen molar-refractivity contribution in [1.82, 2.24) is 15.3 Å². The van der Waals surface area contributed by atoms with Crippen molar-refractivity contribution in [3.05, 3.63) is 60.3 Å². The number of para-hydroxylation sites is 1. The molecule has 0 spiro atoms. The molecule has 1 fully saturated rings. The summed E-state index contributed by atoms with van der Waals surface area (Å²) in [7, 11) is -2.02. The molecule has 3 aromatic rings. The number of carbonyl (C=O) groups excluding carboxylic acids is 1. The fourth-order valence-electron chi connectivity index (χ4n) is 4.37. The van der Waals surface area contributed by atoms with Gasteiger partial charge in [-0.2, -0.15) is 4.98 Å². The Kier molecular flexibility index (Phi) is 9.36. The fourth-order valence-corrected chi connectivity index (χ4v) is 5.71. The van der Waals surface area contributed by atoms with Gasteiger partial charge in [0, 0.05) is 31.7 Å². The summed E-state index contributed by atoms with van der Waals surface area (Å²) in [5.74, 6) is 0.532. The van der Waals surface area contributed by atoms with Crippen molar-refractivity contribution in [2.45, 2.75) is 37.0 Å². The Hall–Kier alpha value is -3.87. The van der Waals surface area contributed by atoms with E-state index < -0.39 is 15.1 Å². The summed E-state index contributed by atoms with van der Waals surface area (Å²) in [6, 6.07) is 10.4. The van der Waals surface area contributed by atoms with Crippen molar-refractivity contribution in [2.24, 2.45) is 0 Å². The molecule has 0 saturated carbocycles. The van der Waals surface area contributed by atoms with E-state index in [2.05, 4.69) is 49.6 Å². The standard InChI is InChI=1S/C28H34ClN7O4S/c1-6-26(37)32-21-13-22(24(40-5)14-23(21)36-12-11-30-18(4)16-36)34-28-31-15-19(29)27(35-28)33-20-9-7-8-10-25(20)41(38,39)17(2)3/h6-10,13-15,17-18,30H,1,11-12,16H2,2-5H3,(H,32,37)(H2,31,33,34,35)/t18-/m0/s1. The zero-order chi connectivity index (χ0) is 29.7. The van der Waals surface area contributed by atoms with Gasteiger partial charge in [-0.3, -0.25) is 4.79 Å². The number of methoxy groups -OCH3 is 1. The summed E-state index contributed by atoms with van der Waals surface area (Å²) in [6.45, 7) is 11.2. The monoisotopic (exact) mass is 599 g/mol. The number of hydrogen-bond donors (Lipinski definition) is 4. The van der Waals surface area contributed by atoms with E-state index in [0.717, 1.165) is 25.3 Å². The van der Waals surface area contributed by atoms with E-state index in [0.29, 0.717) is 22.8 Å². The SMILES string of the molecule is C=CC(=O)Nc1cc(Nc2ncc(Cl)c(Nc3ccccc3S(=O)(=O)C(C)C)n2)c(OC)cc1N1CCN[C@@H](C)C1. The number of nitrogens with one attached hydrogen (secondary N) is 4. The molecular weight excluding hydrogens is 566 g/mol. The molecule has 2 heterocycles. The minimum absolute atomic E-state index is 0.140. The summed E-state index contributed by atoms with van der Waals surface area (Å²) in [5.41, 5.74) is 2.20. The van der Waals surface area contributed by atoms with Crippen LogP contribution in [-0.2, 0) is 14.6 Å². The van der Waals surface area contributed by atoms with Gasteiger partial charge in [0.15, 0.2) is 15.7 Å². The Morgan fingerprint density at radius 3 is 2.66 bits per heavy atom. The van der Waals surface area contributed by atoms with E-state index in [-0.39, 0.29) is 33.6 Å². The Morgan fingerprint density at radius 2 is 1.98 bits per heavy atom. The minimum atomic E-state index is -3.57. The molecule has 4 rings (SSSR count). The number of hydrogen-bond acceptors (Lipinski definition) is 10. The lowest BCUT2D eigenvalue weighted by Crippen LogP contribution is -2.49. The van der Waals surface area contributed by atoms with E-state index in [4.69, 9.17) is 16.3 Å². The van der Waals surface area contributed by atoms with Crippen LogP contribution in [0.25, 0.3) is 0 Å². The number of amides is 1. The van der Waals surface area contributed by atoms with Crippen LogP contribution in [0.4, 0.5) is 34.5 Å². The zero-order valence-electron chi connectivity index (χ0n) is 23.4. The second-order valence-corrected chi connectivity index (χ2v) is 12.7. The van der Waals surface area contributed by atoms with Crippen LogP contribution in [0.15, 0.2) is 60.1 Å². The van der Waals surface area contributed by atoms with E-state index in [1.165, 1.54) is 18.3 Å². The first-order chi connectivity index (χ1) is 19.5. The number of ether oxygens (including phenoxy) is 1. The van der Waals surface area contributed by atoms with Gasteiger partial charge < -0.3 is 30.9 Å². The number of rotatable bonds is 10. The minimum Gasteiger partial charge on any atom is -0.494 e. The lowest BCUT2D eigenvalue weighted by atomic mass is 10.1. The molecule has 41 heavy (non-hydrogen) atoms. The van der Waals surface area contributed by atoms with Crippen LogP contribution in [0.3, 0.4) is 0 Å². The number of piperazine rings is 1. The van der Waals surface area contributed by atoms with Crippen LogP contribution in [0, 0.1) is 0 Å². The van der Waals surface area contributed by atoms with Crippen molar-refractivity contribution in [3.8, 4) is 5.75 Å². The van der Waals surface area contributed by atoms with E-state index in [1.807, 2.05) is 6.07 Å². The third-order valence-electron chi connectivity index (χ3n) is 6.53. The third-order valence-corrected chi connectivity index (χ3v) is 9.02. The summed E-state index contributed by atoms with van der Waals surface area (Å²) >= 11 is 6.40. The van der Waals surface area contributed by atoms with Crippen molar-refractivity contribution in [3.63, 3.8) is 0 Å². The van der Waals surface area contributed by atoms with E-state index in [1.54, 1.807) is 45.2 Å². The molecule has 4 N–H and O–H groups in total. The molecule has 1 aliphatic rings. The van der Waals surface area contributed by atoms with Crippen LogP contribution in [0.1, 0.15) is 20.8 Å². The summed E-state index contributed by atoms with van der Waals surface area (Å²) in [4.78, 5) is 23.4. The van der Waals surface area contributed by atoms with Crippen LogP contribution >= 0.6 is 11.6 Å². The highest BCUT2D eigenvalue weighted by molar-refractivity contribution is 7.92. The highest BCUT2D eigenvalue weighted by atomic mass is 35.5. The first kappa shape index (κ1) is 30.1. The van der Waals surface area contributed by atoms with Crippen LogP contribution < -0.4 is 30.9 Å². The van der Waals surface area contributed by atoms with Crippen molar-refractivity contribution in [2.75, 3.05) is 47.6 Å². The van der Waals surface area contributed by atoms with Crippen LogP contribution in [0.2, 0.25) is 5.02 Å². The molecule has 1 atom stereocenters. The maximum Gasteiger partial charge on any atom is 0.247 e. The topological polar surface area (TPSA) is 138 Å². The molecule has 0 unspecified atom stereocenters. The number of halogens is 1. The molecule has 2 aromatic carbocycles. The van der Waals surface area contributed by atoms with Gasteiger partial charge in [0.25, 0.3) is 0 Å². The van der Waals surface area contributed by atoms with Crippen LogP contribution in [-0.4, -0.2) is 62.3 Å². The Balaban J connectivity index is 1.70. The first-order valence-corrected chi connectivity index (χ1v) is 15.0. The summed E-state index contributed by atoms with van der Waals surface area (Å²) < 4.78 is 31.5. The predicted octanol–water partition coefficient (Wildman–Crippen LogP) is 4.73. The number of anilines is 6. The molecule has 0 bridgehead atoms. The third kappa shape index (κ3) is 6.89. The predicted molar refractivity (Wildman–Crippen MR) is 164 cm³/mol. The quantitative estimate of drug-likeness (QED) is 0.242. The second kappa shape index (κ2) is 12.8. The molecule has 11 nitrogen and oxygen atoms in total. The molecule has 1 amide bonds. The maximum absolute atomic E-state index is 12.9. The molecule has 1 aliphatic heterocycles. The number of carbonyl (C=O) groups is 1. The lowest BCUT2D eigenvalue weighted by Gasteiger charge is -2.35. The Morgan fingerprint density at radius 1 is 1.22 bits per heavy atom. The highest BCUT2D eigenvalue weighted by Crippen LogP contribution is 2.39. The van der Waals surface area contributed by atoms with Gasteiger partial charge in [-0.15, -0.1) is 0 Å². The molecular formula is C28H34ClN7O4S. The molecule has 1 aromatic heterocycles. The molecule has 0 aliphatic carbocycles. The summed E-state index contributed by atoms with van der Waals surface area (Å²) in [6.07, 6.45) is 2.61. The highest BCUT2D eigenvalue weighted by Gasteiger charge is 2.24. The molecule has 1 saturated heterocycles. The number of nitrogens with zero attached hydrogens (tertiary/aromatic N) is 3. The fraction of sp³-hybridized carbons (Fsp3) is 0.321. The van der Waals surface area contributed by atoms with Crippen molar-refractivity contribution in [1.29, 1.82) is 0 Å². The molecule has 218 valence electrons. The van der Waals surface area contributed by atoms with Gasteiger partial charge >= 0.3 is 0 Å². The van der Waals surface area contributed by atoms with Gasteiger partial charge in [0.2, 0.25) is 11.9 Å². The summed E-state index contributed by atoms with van der Waals surface area (Å²) in [5, 5.41) is 12.1. The Bertz CT molecular complexity index is 1550. The number of aromatic nitrogens is 2. The number of benzene rings is 2. The second-order valence-electron chi connectivity index (χ2n) is 9.79. The molecule has 0 radical (unpaired) electrons. The van der Waals surface area contributed by atoms with Gasteiger partial charge in [-0.25, -0.2) is 13.4 Å². The maximum atomic E-state index is 12.9. The van der Waals surface area contributed by atoms with Gasteiger partial charge in [0.1, 0.15) is 10.8 Å². The smallest absolute Gasteiger partial charge is 0.247 e. The largest absolute Gasteiger partial charge is 0.494 e. The lowest BCUT2D eigenvalue weighted by molar-refractivity contribution is -0.111. The van der Waals surface area contributed by atoms with Gasteiger partial charge in [-0.1, -0.05) is 30.3 Å². The first-order valence-electron chi connectivity index (χ1n) is 13.1. The number of sulfone groups is 1. The normalized spacial score (nSPS) is 15.4. The van der Waals surface area contributed by atoms with E-state index in [9.17, 15) is 13.2 Å². The molecule has 13 heteroatoms. The van der Waals surface area contributed by atoms with Gasteiger partial charge in [-0.05, 0) is 45.0 Å². The average molecular weight is 600 g/mol. The van der Waals surface area contributed by atoms with Gasteiger partial charge in [0.05, 0.1) is 46.2 Å². The van der Waals surface area contributed by atoms with E-state index >= 15 is 0 Å². The van der Waals surface area contributed by atoms with Crippen LogP contribution in [0.5, 0.6) is 5.75 Å².